The Balaban J connectivity index is 2.48. The lowest BCUT2D eigenvalue weighted by molar-refractivity contribution is -0.136. The van der Waals surface area contributed by atoms with Crippen LogP contribution in [-0.4, -0.2) is 42.9 Å². The fourth-order valence-electron chi connectivity index (χ4n) is 1.86. The topological polar surface area (TPSA) is 61.4 Å². The molecule has 0 aliphatic rings. The molecule has 1 rings (SSSR count). The van der Waals surface area contributed by atoms with Crippen LogP contribution in [0.1, 0.15) is 19.4 Å². The Morgan fingerprint density at radius 2 is 1.86 bits per heavy atom. The zero-order chi connectivity index (χ0) is 15.8. The van der Waals surface area contributed by atoms with Gasteiger partial charge in [0.1, 0.15) is 0 Å². The molecule has 0 fully saturated rings. The van der Waals surface area contributed by atoms with E-state index in [0.717, 1.165) is 25.2 Å². The van der Waals surface area contributed by atoms with Crippen molar-refractivity contribution in [2.75, 3.05) is 31.5 Å². The van der Waals surface area contributed by atoms with Crippen LogP contribution in [0.15, 0.2) is 18.2 Å². The Bertz CT molecular complexity index is 502. The summed E-state index contributed by atoms with van der Waals surface area (Å²) in [6.45, 7) is 8.95. The third kappa shape index (κ3) is 5.73. The Hall–Kier alpha value is -1.59. The van der Waals surface area contributed by atoms with E-state index in [9.17, 15) is 9.59 Å². The summed E-state index contributed by atoms with van der Waals surface area (Å²) in [5, 5.41) is 5.69. The molecule has 0 atom stereocenters. The smallest absolute Gasteiger partial charge is 0.313 e. The minimum atomic E-state index is -0.681. The standard InChI is InChI=1S/C15H22ClN3O2/c1-4-19(5-2)9-8-17-14(20)15(21)18-13-10-12(16)7-6-11(13)3/h6-7,10H,4-5,8-9H2,1-3H3,(H,17,20)(H,18,21). The summed E-state index contributed by atoms with van der Waals surface area (Å²) < 4.78 is 0. The molecule has 0 radical (unpaired) electrons. The van der Waals surface area contributed by atoms with Crippen molar-refractivity contribution in [3.8, 4) is 0 Å². The van der Waals surface area contributed by atoms with Gasteiger partial charge in [0, 0.05) is 23.8 Å². The molecule has 6 heteroatoms. The molecule has 116 valence electrons. The Kier molecular flexibility index (Phi) is 7.19. The quantitative estimate of drug-likeness (QED) is 0.790. The number of rotatable bonds is 6. The number of nitrogens with one attached hydrogen (secondary N) is 2. The Morgan fingerprint density at radius 3 is 2.48 bits per heavy atom. The fraction of sp³-hybridized carbons (Fsp3) is 0.467. The van der Waals surface area contributed by atoms with Crippen LogP contribution in [0.25, 0.3) is 0 Å². The maximum Gasteiger partial charge on any atom is 0.313 e. The van der Waals surface area contributed by atoms with Crippen LogP contribution in [-0.2, 0) is 9.59 Å². The first-order valence-corrected chi connectivity index (χ1v) is 7.43. The highest BCUT2D eigenvalue weighted by Gasteiger charge is 2.14. The summed E-state index contributed by atoms with van der Waals surface area (Å²) in [7, 11) is 0. The number of amides is 2. The van der Waals surface area contributed by atoms with Gasteiger partial charge < -0.3 is 15.5 Å². The van der Waals surface area contributed by atoms with Gasteiger partial charge >= 0.3 is 11.8 Å². The van der Waals surface area contributed by atoms with Crippen molar-refractivity contribution >= 4 is 29.1 Å². The van der Waals surface area contributed by atoms with Gasteiger partial charge in [0.15, 0.2) is 0 Å². The average molecular weight is 312 g/mol. The molecule has 5 nitrogen and oxygen atoms in total. The SMILES string of the molecule is CCN(CC)CCNC(=O)C(=O)Nc1cc(Cl)ccc1C. The monoisotopic (exact) mass is 311 g/mol. The molecule has 0 aliphatic carbocycles. The highest BCUT2D eigenvalue weighted by atomic mass is 35.5. The summed E-state index contributed by atoms with van der Waals surface area (Å²) in [5.74, 6) is -1.32. The molecular formula is C15H22ClN3O2. The van der Waals surface area contributed by atoms with Crippen molar-refractivity contribution < 1.29 is 9.59 Å². The minimum Gasteiger partial charge on any atom is -0.347 e. The van der Waals surface area contributed by atoms with E-state index < -0.39 is 11.8 Å². The molecule has 0 spiro atoms. The molecule has 0 aliphatic heterocycles. The first-order chi connectivity index (χ1) is 9.97. The van der Waals surface area contributed by atoms with Gasteiger partial charge in [-0.2, -0.15) is 0 Å². The highest BCUT2D eigenvalue weighted by molar-refractivity contribution is 6.40. The number of carbonyl (C=O) groups is 2. The maximum absolute atomic E-state index is 11.8. The number of anilines is 1. The van der Waals surface area contributed by atoms with Gasteiger partial charge in [-0.1, -0.05) is 31.5 Å². The lowest BCUT2D eigenvalue weighted by atomic mass is 10.2. The van der Waals surface area contributed by atoms with E-state index in [1.807, 2.05) is 6.92 Å². The van der Waals surface area contributed by atoms with E-state index in [-0.39, 0.29) is 0 Å². The van der Waals surface area contributed by atoms with Crippen LogP contribution in [0.5, 0.6) is 0 Å². The second-order valence-electron chi connectivity index (χ2n) is 4.70. The molecule has 21 heavy (non-hydrogen) atoms. The lowest BCUT2D eigenvalue weighted by Crippen LogP contribution is -2.40. The molecule has 1 aromatic rings. The zero-order valence-corrected chi connectivity index (χ0v) is 13.5. The van der Waals surface area contributed by atoms with Crippen molar-refractivity contribution in [3.63, 3.8) is 0 Å². The molecule has 2 amide bonds. The van der Waals surface area contributed by atoms with Gasteiger partial charge in [0.25, 0.3) is 0 Å². The zero-order valence-electron chi connectivity index (χ0n) is 12.7. The molecule has 1 aromatic carbocycles. The molecule has 0 unspecified atom stereocenters. The van der Waals surface area contributed by atoms with Gasteiger partial charge in [0.2, 0.25) is 0 Å². The largest absolute Gasteiger partial charge is 0.347 e. The van der Waals surface area contributed by atoms with E-state index in [1.54, 1.807) is 18.2 Å². The van der Waals surface area contributed by atoms with Gasteiger partial charge in [-0.3, -0.25) is 9.59 Å². The molecular weight excluding hydrogens is 290 g/mol. The van der Waals surface area contributed by atoms with Crippen LogP contribution in [0.3, 0.4) is 0 Å². The summed E-state index contributed by atoms with van der Waals surface area (Å²) in [6.07, 6.45) is 0. The van der Waals surface area contributed by atoms with Crippen molar-refractivity contribution in [1.29, 1.82) is 0 Å². The summed E-state index contributed by atoms with van der Waals surface area (Å²) in [4.78, 5) is 25.7. The third-order valence-corrected chi connectivity index (χ3v) is 3.50. The number of aryl methyl sites for hydroxylation is 1. The van der Waals surface area contributed by atoms with Gasteiger partial charge in [0.05, 0.1) is 0 Å². The van der Waals surface area contributed by atoms with E-state index in [2.05, 4.69) is 29.4 Å². The Morgan fingerprint density at radius 1 is 1.19 bits per heavy atom. The normalized spacial score (nSPS) is 10.5. The summed E-state index contributed by atoms with van der Waals surface area (Å²) in [6, 6.07) is 5.14. The average Bonchev–Trinajstić information content (AvgIpc) is 2.47. The summed E-state index contributed by atoms with van der Waals surface area (Å²) in [5.41, 5.74) is 1.40. The second kappa shape index (κ2) is 8.64. The second-order valence-corrected chi connectivity index (χ2v) is 5.13. The number of benzene rings is 1. The van der Waals surface area contributed by atoms with E-state index in [0.29, 0.717) is 17.3 Å². The fourth-order valence-corrected chi connectivity index (χ4v) is 2.03. The molecule has 0 aromatic heterocycles. The van der Waals surface area contributed by atoms with Gasteiger partial charge in [-0.25, -0.2) is 0 Å². The lowest BCUT2D eigenvalue weighted by Gasteiger charge is -2.17. The maximum atomic E-state index is 11.8. The number of likely N-dealkylation sites (N-methyl/N-ethyl adjacent to an activating group) is 1. The number of halogens is 1. The molecule has 0 saturated carbocycles. The molecule has 2 N–H and O–H groups in total. The number of nitrogens with zero attached hydrogens (tertiary/aromatic N) is 1. The minimum absolute atomic E-state index is 0.447. The first-order valence-electron chi connectivity index (χ1n) is 7.05. The Labute approximate surface area is 130 Å². The number of carbonyl (C=O) groups excluding carboxylic acids is 2. The van der Waals surface area contributed by atoms with Crippen LogP contribution in [0.4, 0.5) is 5.69 Å². The van der Waals surface area contributed by atoms with Crippen LogP contribution in [0, 0.1) is 6.92 Å². The van der Waals surface area contributed by atoms with Gasteiger partial charge in [-0.15, -0.1) is 0 Å². The van der Waals surface area contributed by atoms with Crippen LogP contribution < -0.4 is 10.6 Å². The third-order valence-electron chi connectivity index (χ3n) is 3.26. The molecule has 0 bridgehead atoms. The summed E-state index contributed by atoms with van der Waals surface area (Å²) >= 11 is 5.87. The van der Waals surface area contributed by atoms with Crippen LogP contribution in [0.2, 0.25) is 5.02 Å². The van der Waals surface area contributed by atoms with Crippen molar-refractivity contribution in [3.05, 3.63) is 28.8 Å². The predicted molar refractivity (Wildman–Crippen MR) is 85.6 cm³/mol. The van der Waals surface area contributed by atoms with Gasteiger partial charge in [-0.05, 0) is 37.7 Å². The predicted octanol–water partition coefficient (Wildman–Crippen LogP) is 2.04. The highest BCUT2D eigenvalue weighted by Crippen LogP contribution is 2.19. The number of hydrogen-bond acceptors (Lipinski definition) is 3. The van der Waals surface area contributed by atoms with E-state index >= 15 is 0 Å². The van der Waals surface area contributed by atoms with E-state index in [1.165, 1.54) is 0 Å². The van der Waals surface area contributed by atoms with Crippen molar-refractivity contribution in [2.45, 2.75) is 20.8 Å². The number of hydrogen-bond donors (Lipinski definition) is 2. The van der Waals surface area contributed by atoms with Crippen molar-refractivity contribution in [2.24, 2.45) is 0 Å². The molecule has 0 saturated heterocycles. The van der Waals surface area contributed by atoms with E-state index in [4.69, 9.17) is 11.6 Å². The molecule has 0 heterocycles. The van der Waals surface area contributed by atoms with Crippen molar-refractivity contribution in [1.82, 2.24) is 10.2 Å². The van der Waals surface area contributed by atoms with Crippen LogP contribution >= 0.6 is 11.6 Å². The first kappa shape index (κ1) is 17.5.